The molecule has 0 aromatic carbocycles. The van der Waals surface area contributed by atoms with Crippen LogP contribution >= 0.6 is 0 Å². The number of hydrogen-bond donors (Lipinski definition) is 0. The van der Waals surface area contributed by atoms with Crippen molar-refractivity contribution >= 4 is 18.1 Å². The molecule has 132 valence electrons. The zero-order valence-corrected chi connectivity index (χ0v) is 15.4. The maximum atomic E-state index is 12.2. The van der Waals surface area contributed by atoms with Crippen LogP contribution in [0.5, 0.6) is 0 Å². The average molecular weight is 329 g/mol. The third kappa shape index (κ3) is 4.40. The summed E-state index contributed by atoms with van der Waals surface area (Å²) in [6.45, 7) is 7.83. The average Bonchev–Trinajstić information content (AvgIpc) is 2.89. The normalized spacial score (nSPS) is 16.0. The van der Waals surface area contributed by atoms with Crippen LogP contribution in [0, 0.1) is 0 Å². The minimum Gasteiger partial charge on any atom is -0.465 e. The predicted octanol–water partition coefficient (Wildman–Crippen LogP) is 3.26. The van der Waals surface area contributed by atoms with Gasteiger partial charge in [-0.25, -0.2) is 0 Å². The van der Waals surface area contributed by atoms with Gasteiger partial charge in [0.25, 0.3) is 0 Å². The summed E-state index contributed by atoms with van der Waals surface area (Å²) in [5.41, 5.74) is 2.52. The molecule has 1 aromatic rings. The lowest BCUT2D eigenvalue weighted by molar-refractivity contribution is -0.142. The Kier molecular flexibility index (Phi) is 7.36. The van der Waals surface area contributed by atoms with Gasteiger partial charge in [0.2, 0.25) is 0 Å². The number of hydrogen-bond acceptors (Lipinski definition) is 2. The van der Waals surface area contributed by atoms with Gasteiger partial charge in [-0.2, -0.15) is 0 Å². The molecule has 0 radical (unpaired) electrons. The quantitative estimate of drug-likeness (QED) is 0.719. The number of fused-ring (bicyclic) bond motifs is 1. The second-order valence-corrected chi connectivity index (χ2v) is 6.42. The lowest BCUT2D eigenvalue weighted by Crippen LogP contribution is -2.31. The van der Waals surface area contributed by atoms with E-state index in [0.29, 0.717) is 13.0 Å². The van der Waals surface area contributed by atoms with Crippen molar-refractivity contribution in [3.05, 3.63) is 34.0 Å². The zero-order valence-electron chi connectivity index (χ0n) is 15.4. The summed E-state index contributed by atoms with van der Waals surface area (Å²) in [7, 11) is 0. The highest BCUT2D eigenvalue weighted by molar-refractivity contribution is 5.73. The number of carbonyl (C=O) groups excluding carboxylic acids is 1. The highest BCUT2D eigenvalue weighted by Crippen LogP contribution is 2.16. The topological polar surface area (TPSA) is 31.2 Å². The molecule has 2 heterocycles. The second-order valence-electron chi connectivity index (χ2n) is 6.42. The van der Waals surface area contributed by atoms with E-state index in [0.717, 1.165) is 32.2 Å². The molecule has 0 amide bonds. The maximum Gasteiger partial charge on any atom is 0.310 e. The molecule has 2 rings (SSSR count). The van der Waals surface area contributed by atoms with E-state index in [1.807, 2.05) is 19.9 Å². The fraction of sp³-hybridized carbons (Fsp3) is 0.571. The highest BCUT2D eigenvalue weighted by Gasteiger charge is 2.20. The molecule has 1 aliphatic heterocycles. The van der Waals surface area contributed by atoms with Crippen LogP contribution in [-0.4, -0.2) is 17.1 Å². The Labute approximate surface area is 145 Å². The summed E-state index contributed by atoms with van der Waals surface area (Å²) in [6, 6.07) is 0. The van der Waals surface area contributed by atoms with E-state index in [1.54, 1.807) is 0 Å². The molecule has 3 nitrogen and oxygen atoms in total. The second kappa shape index (κ2) is 9.51. The number of unbranched alkanes of at least 4 members (excludes halogenated alkanes) is 1. The molecule has 0 aliphatic carbocycles. The van der Waals surface area contributed by atoms with Gasteiger partial charge in [0.05, 0.1) is 13.0 Å². The van der Waals surface area contributed by atoms with Crippen molar-refractivity contribution in [2.45, 2.75) is 72.3 Å². The van der Waals surface area contributed by atoms with Crippen molar-refractivity contribution < 1.29 is 9.53 Å². The van der Waals surface area contributed by atoms with Gasteiger partial charge in [0, 0.05) is 22.8 Å². The van der Waals surface area contributed by atoms with Crippen molar-refractivity contribution in [1.82, 2.24) is 4.57 Å². The molecule has 1 aromatic heterocycles. The van der Waals surface area contributed by atoms with Gasteiger partial charge >= 0.3 is 5.97 Å². The van der Waals surface area contributed by atoms with E-state index in [9.17, 15) is 4.79 Å². The lowest BCUT2D eigenvalue weighted by Gasteiger charge is -2.17. The fourth-order valence-corrected chi connectivity index (χ4v) is 3.36. The summed E-state index contributed by atoms with van der Waals surface area (Å²) >= 11 is 0. The Morgan fingerprint density at radius 2 is 2.08 bits per heavy atom. The standard InChI is InChI=1S/C21H31NO2/c1-4-7-11-17-18(16-21(23)24-15-6-3)20-13-9-10-14-22(20)19(17)12-8-5-2/h4,7,11-12H,5-6,8-10,13-16H2,1-3H3/b7-4-,17-11-,19-12-. The molecule has 0 atom stereocenters. The summed E-state index contributed by atoms with van der Waals surface area (Å²) in [6.07, 6.45) is 15.6. The molecule has 0 saturated carbocycles. The SMILES string of the molecule is C\C=C/C=c1/c(CC(=O)OCCC)c2n(/c1=C\CCC)CCCC2. The van der Waals surface area contributed by atoms with E-state index in [-0.39, 0.29) is 5.97 Å². The Morgan fingerprint density at radius 1 is 1.25 bits per heavy atom. The van der Waals surface area contributed by atoms with Gasteiger partial charge in [0.15, 0.2) is 0 Å². The predicted molar refractivity (Wildman–Crippen MR) is 100 cm³/mol. The van der Waals surface area contributed by atoms with Crippen molar-refractivity contribution in [2.24, 2.45) is 0 Å². The Hall–Kier alpha value is -1.77. The molecule has 3 heteroatoms. The smallest absolute Gasteiger partial charge is 0.310 e. The third-order valence-electron chi connectivity index (χ3n) is 4.48. The molecule has 24 heavy (non-hydrogen) atoms. The van der Waals surface area contributed by atoms with Crippen molar-refractivity contribution in [3.8, 4) is 0 Å². The van der Waals surface area contributed by atoms with Gasteiger partial charge in [-0.05, 0) is 44.6 Å². The fourth-order valence-electron chi connectivity index (χ4n) is 3.36. The number of rotatable bonds is 7. The molecular weight excluding hydrogens is 298 g/mol. The molecule has 0 bridgehead atoms. The van der Waals surface area contributed by atoms with Gasteiger partial charge in [-0.3, -0.25) is 4.79 Å². The summed E-state index contributed by atoms with van der Waals surface area (Å²) in [4.78, 5) is 12.2. The highest BCUT2D eigenvalue weighted by atomic mass is 16.5. The van der Waals surface area contributed by atoms with Crippen LogP contribution in [0.4, 0.5) is 0 Å². The van der Waals surface area contributed by atoms with Crippen LogP contribution in [-0.2, 0) is 28.9 Å². The largest absolute Gasteiger partial charge is 0.465 e. The monoisotopic (exact) mass is 329 g/mol. The summed E-state index contributed by atoms with van der Waals surface area (Å²) in [5, 5.41) is 2.51. The number of allylic oxidation sites excluding steroid dienone is 2. The number of carbonyl (C=O) groups is 1. The number of nitrogens with zero attached hydrogens (tertiary/aromatic N) is 1. The Bertz CT molecular complexity index is 694. The lowest BCUT2D eigenvalue weighted by atomic mass is 10.0. The first-order valence-corrected chi connectivity index (χ1v) is 9.41. The molecule has 0 saturated heterocycles. The zero-order chi connectivity index (χ0) is 17.4. The molecular formula is C21H31NO2. The van der Waals surface area contributed by atoms with E-state index in [2.05, 4.69) is 29.7 Å². The summed E-state index contributed by atoms with van der Waals surface area (Å²) < 4.78 is 7.79. The van der Waals surface area contributed by atoms with Crippen molar-refractivity contribution in [1.29, 1.82) is 0 Å². The van der Waals surface area contributed by atoms with Crippen LogP contribution < -0.4 is 10.6 Å². The molecule has 0 N–H and O–H groups in total. The van der Waals surface area contributed by atoms with E-state index in [4.69, 9.17) is 4.74 Å². The molecule has 0 spiro atoms. The van der Waals surface area contributed by atoms with Crippen LogP contribution in [0.1, 0.15) is 64.1 Å². The van der Waals surface area contributed by atoms with Gasteiger partial charge in [0.1, 0.15) is 0 Å². The number of aromatic nitrogens is 1. The van der Waals surface area contributed by atoms with E-state index in [1.165, 1.54) is 34.7 Å². The minimum absolute atomic E-state index is 0.104. The van der Waals surface area contributed by atoms with Gasteiger partial charge in [-0.1, -0.05) is 44.6 Å². The molecule has 0 fully saturated rings. The first kappa shape index (κ1) is 18.6. The number of esters is 1. The van der Waals surface area contributed by atoms with Gasteiger partial charge in [-0.15, -0.1) is 0 Å². The molecule has 0 unspecified atom stereocenters. The number of ether oxygens (including phenoxy) is 1. The molecule has 1 aliphatic rings. The van der Waals surface area contributed by atoms with Crippen LogP contribution in [0.25, 0.3) is 12.2 Å². The summed E-state index contributed by atoms with van der Waals surface area (Å²) in [5.74, 6) is -0.104. The van der Waals surface area contributed by atoms with Crippen molar-refractivity contribution in [3.63, 3.8) is 0 Å². The van der Waals surface area contributed by atoms with E-state index < -0.39 is 0 Å². The third-order valence-corrected chi connectivity index (χ3v) is 4.48. The van der Waals surface area contributed by atoms with Crippen molar-refractivity contribution in [2.75, 3.05) is 6.61 Å². The van der Waals surface area contributed by atoms with Crippen LogP contribution in [0.15, 0.2) is 12.2 Å². The van der Waals surface area contributed by atoms with E-state index >= 15 is 0 Å². The maximum absolute atomic E-state index is 12.2. The Morgan fingerprint density at radius 3 is 2.79 bits per heavy atom. The van der Waals surface area contributed by atoms with Gasteiger partial charge < -0.3 is 9.30 Å². The van der Waals surface area contributed by atoms with Crippen LogP contribution in [0.3, 0.4) is 0 Å². The van der Waals surface area contributed by atoms with Crippen LogP contribution in [0.2, 0.25) is 0 Å². The minimum atomic E-state index is -0.104. The Balaban J connectivity index is 2.54. The first-order chi connectivity index (χ1) is 11.7. The first-order valence-electron chi connectivity index (χ1n) is 9.41.